The zero-order valence-electron chi connectivity index (χ0n) is 12.6. The summed E-state index contributed by atoms with van der Waals surface area (Å²) >= 11 is 0. The molecule has 3 aromatic rings. The van der Waals surface area contributed by atoms with Gasteiger partial charge in [0.25, 0.3) is 11.5 Å². The molecular weight excluding hydrogens is 313 g/mol. The van der Waals surface area contributed by atoms with Crippen molar-refractivity contribution in [3.05, 3.63) is 76.5 Å². The van der Waals surface area contributed by atoms with E-state index < -0.39 is 17.3 Å². The van der Waals surface area contributed by atoms with Crippen LogP contribution >= 0.6 is 0 Å². The molecule has 0 radical (unpaired) electrons. The van der Waals surface area contributed by atoms with E-state index in [1.807, 2.05) is 0 Å². The van der Waals surface area contributed by atoms with Crippen molar-refractivity contribution in [2.45, 2.75) is 6.92 Å². The zero-order chi connectivity index (χ0) is 17.1. The van der Waals surface area contributed by atoms with Crippen LogP contribution in [0.2, 0.25) is 0 Å². The lowest BCUT2D eigenvalue weighted by Crippen LogP contribution is -2.29. The van der Waals surface area contributed by atoms with Crippen LogP contribution in [0.25, 0.3) is 5.69 Å². The number of rotatable bonds is 3. The molecule has 8 heteroatoms. The highest BCUT2D eigenvalue weighted by molar-refractivity contribution is 6.03. The molecule has 1 aromatic carbocycles. The van der Waals surface area contributed by atoms with E-state index >= 15 is 0 Å². The molecule has 0 unspecified atom stereocenters. The van der Waals surface area contributed by atoms with Crippen molar-refractivity contribution in [1.29, 1.82) is 0 Å². The van der Waals surface area contributed by atoms with Gasteiger partial charge in [-0.05, 0) is 37.3 Å². The van der Waals surface area contributed by atoms with Gasteiger partial charge in [0.05, 0.1) is 23.8 Å². The highest BCUT2D eigenvalue weighted by atomic mass is 19.1. The Hall–Kier alpha value is -3.42. The van der Waals surface area contributed by atoms with Crippen LogP contribution in [-0.4, -0.2) is 25.7 Å². The van der Waals surface area contributed by atoms with Crippen molar-refractivity contribution >= 4 is 11.6 Å². The SMILES string of the molecule is Cc1ncc(NC(=O)c2ccnn(-c3ccc(F)cc3)c2=O)cn1. The van der Waals surface area contributed by atoms with Gasteiger partial charge in [0, 0.05) is 6.20 Å². The molecule has 2 heterocycles. The highest BCUT2D eigenvalue weighted by Crippen LogP contribution is 2.07. The molecule has 0 saturated carbocycles. The zero-order valence-corrected chi connectivity index (χ0v) is 12.6. The number of carbonyl (C=O) groups is 1. The van der Waals surface area contributed by atoms with E-state index in [9.17, 15) is 14.0 Å². The predicted octanol–water partition coefficient (Wildman–Crippen LogP) is 1.72. The van der Waals surface area contributed by atoms with Gasteiger partial charge >= 0.3 is 0 Å². The van der Waals surface area contributed by atoms with Crippen molar-refractivity contribution in [1.82, 2.24) is 19.7 Å². The maximum absolute atomic E-state index is 13.0. The van der Waals surface area contributed by atoms with Crippen LogP contribution in [0.1, 0.15) is 16.2 Å². The van der Waals surface area contributed by atoms with E-state index in [4.69, 9.17) is 0 Å². The molecule has 1 amide bonds. The Kier molecular flexibility index (Phi) is 4.11. The van der Waals surface area contributed by atoms with Crippen molar-refractivity contribution in [2.24, 2.45) is 0 Å². The van der Waals surface area contributed by atoms with Crippen LogP contribution in [0.3, 0.4) is 0 Å². The molecule has 0 aliphatic carbocycles. The molecule has 0 spiro atoms. The smallest absolute Gasteiger partial charge is 0.284 e. The minimum Gasteiger partial charge on any atom is -0.319 e. The first kappa shape index (κ1) is 15.5. The second-order valence-corrected chi connectivity index (χ2v) is 4.91. The van der Waals surface area contributed by atoms with Gasteiger partial charge < -0.3 is 5.32 Å². The number of aromatic nitrogens is 4. The second kappa shape index (κ2) is 6.37. The standard InChI is InChI=1S/C16H12FN5O2/c1-10-18-8-12(9-19-10)21-15(23)14-6-7-20-22(16(14)24)13-4-2-11(17)3-5-13/h2-9H,1H3,(H,21,23). The third-order valence-corrected chi connectivity index (χ3v) is 3.20. The third kappa shape index (κ3) is 3.17. The van der Waals surface area contributed by atoms with E-state index in [0.29, 0.717) is 17.2 Å². The highest BCUT2D eigenvalue weighted by Gasteiger charge is 2.14. The summed E-state index contributed by atoms with van der Waals surface area (Å²) in [5.74, 6) is -0.471. The fraction of sp³-hybridized carbons (Fsp3) is 0.0625. The van der Waals surface area contributed by atoms with Crippen LogP contribution < -0.4 is 10.9 Å². The van der Waals surface area contributed by atoms with E-state index in [0.717, 1.165) is 4.68 Å². The summed E-state index contributed by atoms with van der Waals surface area (Å²) in [7, 11) is 0. The Balaban J connectivity index is 1.92. The maximum Gasteiger partial charge on any atom is 0.284 e. The maximum atomic E-state index is 13.0. The van der Waals surface area contributed by atoms with Crippen LogP contribution in [0.15, 0.2) is 53.7 Å². The first-order valence-corrected chi connectivity index (χ1v) is 6.99. The Labute approximate surface area is 135 Å². The number of amides is 1. The minimum absolute atomic E-state index is 0.102. The van der Waals surface area contributed by atoms with Crippen molar-refractivity contribution in [3.63, 3.8) is 0 Å². The first-order chi connectivity index (χ1) is 11.5. The number of carbonyl (C=O) groups excluding carboxylic acids is 1. The van der Waals surface area contributed by atoms with E-state index in [1.165, 1.54) is 48.9 Å². The van der Waals surface area contributed by atoms with Gasteiger partial charge in [-0.15, -0.1) is 0 Å². The van der Waals surface area contributed by atoms with Gasteiger partial charge in [0.2, 0.25) is 0 Å². The summed E-state index contributed by atoms with van der Waals surface area (Å²) in [6.07, 6.45) is 4.21. The van der Waals surface area contributed by atoms with E-state index in [1.54, 1.807) is 6.92 Å². The molecule has 2 aromatic heterocycles. The lowest BCUT2D eigenvalue weighted by molar-refractivity contribution is 0.102. The molecule has 120 valence electrons. The molecule has 1 N–H and O–H groups in total. The lowest BCUT2D eigenvalue weighted by Gasteiger charge is -2.07. The fourth-order valence-corrected chi connectivity index (χ4v) is 2.01. The van der Waals surface area contributed by atoms with Gasteiger partial charge in [-0.3, -0.25) is 9.59 Å². The van der Waals surface area contributed by atoms with Crippen LogP contribution in [0.5, 0.6) is 0 Å². The molecule has 24 heavy (non-hydrogen) atoms. The molecular formula is C16H12FN5O2. The summed E-state index contributed by atoms with van der Waals surface area (Å²) in [6, 6.07) is 6.53. The largest absolute Gasteiger partial charge is 0.319 e. The quantitative estimate of drug-likeness (QED) is 0.792. The number of anilines is 1. The Morgan fingerprint density at radius 3 is 2.46 bits per heavy atom. The molecule has 0 fully saturated rings. The number of hydrogen-bond acceptors (Lipinski definition) is 5. The molecule has 3 rings (SSSR count). The average Bonchev–Trinajstić information content (AvgIpc) is 2.58. The van der Waals surface area contributed by atoms with Gasteiger partial charge in [0.1, 0.15) is 17.2 Å². The van der Waals surface area contributed by atoms with Gasteiger partial charge in [-0.2, -0.15) is 9.78 Å². The minimum atomic E-state index is -0.616. The monoisotopic (exact) mass is 325 g/mol. The van der Waals surface area contributed by atoms with Gasteiger partial charge in [-0.1, -0.05) is 0 Å². The summed E-state index contributed by atoms with van der Waals surface area (Å²) in [4.78, 5) is 32.7. The number of aryl methyl sites for hydroxylation is 1. The number of nitrogens with zero attached hydrogens (tertiary/aromatic N) is 4. The third-order valence-electron chi connectivity index (χ3n) is 3.20. The lowest BCUT2D eigenvalue weighted by atomic mass is 10.2. The first-order valence-electron chi connectivity index (χ1n) is 6.99. The molecule has 0 atom stereocenters. The van der Waals surface area contributed by atoms with Crippen LogP contribution in [0, 0.1) is 12.7 Å². The molecule has 0 bridgehead atoms. The topological polar surface area (TPSA) is 89.8 Å². The van der Waals surface area contributed by atoms with Crippen LogP contribution in [0.4, 0.5) is 10.1 Å². The predicted molar refractivity (Wildman–Crippen MR) is 84.5 cm³/mol. The van der Waals surface area contributed by atoms with E-state index in [2.05, 4.69) is 20.4 Å². The number of halogens is 1. The molecule has 7 nitrogen and oxygen atoms in total. The Morgan fingerprint density at radius 2 is 1.79 bits per heavy atom. The van der Waals surface area contributed by atoms with E-state index in [-0.39, 0.29) is 5.56 Å². The molecule has 0 saturated heterocycles. The van der Waals surface area contributed by atoms with Gasteiger partial charge in [0.15, 0.2) is 0 Å². The average molecular weight is 325 g/mol. The fourth-order valence-electron chi connectivity index (χ4n) is 2.01. The summed E-state index contributed by atoms with van der Waals surface area (Å²) in [5.41, 5.74) is 0.00871. The van der Waals surface area contributed by atoms with Crippen LogP contribution in [-0.2, 0) is 0 Å². The normalized spacial score (nSPS) is 10.4. The Bertz CT molecular complexity index is 936. The van der Waals surface area contributed by atoms with Crippen molar-refractivity contribution in [2.75, 3.05) is 5.32 Å². The second-order valence-electron chi connectivity index (χ2n) is 4.91. The number of hydrogen-bond donors (Lipinski definition) is 1. The summed E-state index contributed by atoms with van der Waals surface area (Å²) in [6.45, 7) is 1.72. The van der Waals surface area contributed by atoms with Gasteiger partial charge in [-0.25, -0.2) is 14.4 Å². The number of benzene rings is 1. The molecule has 0 aliphatic heterocycles. The van der Waals surface area contributed by atoms with Crippen molar-refractivity contribution in [3.8, 4) is 5.69 Å². The van der Waals surface area contributed by atoms with Crippen molar-refractivity contribution < 1.29 is 9.18 Å². The number of nitrogens with one attached hydrogen (secondary N) is 1. The summed E-state index contributed by atoms with van der Waals surface area (Å²) < 4.78 is 14.0. The molecule has 0 aliphatic rings. The Morgan fingerprint density at radius 1 is 1.12 bits per heavy atom. The summed E-state index contributed by atoms with van der Waals surface area (Å²) in [5, 5.41) is 6.47.